The summed E-state index contributed by atoms with van der Waals surface area (Å²) in [7, 11) is 0. The molecule has 0 aliphatic carbocycles. The summed E-state index contributed by atoms with van der Waals surface area (Å²) in [5.41, 5.74) is 0. The number of carbonyl (C=O) groups excluding carboxylic acids is 3. The van der Waals surface area contributed by atoms with Crippen molar-refractivity contribution in [2.24, 2.45) is 0 Å². The lowest BCUT2D eigenvalue weighted by atomic mass is 10.0. The van der Waals surface area contributed by atoms with Gasteiger partial charge in [-0.1, -0.05) is 306 Å². The summed E-state index contributed by atoms with van der Waals surface area (Å²) in [5.74, 6) is -0.924. The van der Waals surface area contributed by atoms with Crippen LogP contribution in [0.4, 0.5) is 0 Å². The fourth-order valence-corrected chi connectivity index (χ4v) is 9.70. The fraction of sp³-hybridized carbons (Fsp3) is 0.789. The van der Waals surface area contributed by atoms with Crippen molar-refractivity contribution in [2.75, 3.05) is 13.2 Å². The molecular weight excluding hydrogens is 949 g/mol. The van der Waals surface area contributed by atoms with Crippen molar-refractivity contribution in [2.45, 2.75) is 348 Å². The highest BCUT2D eigenvalue weighted by Gasteiger charge is 2.19. The quantitative estimate of drug-likeness (QED) is 0.0261. The molecule has 77 heavy (non-hydrogen) atoms. The molecule has 1 unspecified atom stereocenters. The van der Waals surface area contributed by atoms with Crippen molar-refractivity contribution in [1.82, 2.24) is 0 Å². The van der Waals surface area contributed by atoms with Crippen LogP contribution in [0.2, 0.25) is 0 Å². The molecule has 1 atom stereocenters. The van der Waals surface area contributed by atoms with Gasteiger partial charge in [0, 0.05) is 19.3 Å². The minimum atomic E-state index is -0.797. The highest BCUT2D eigenvalue weighted by atomic mass is 16.6. The zero-order valence-corrected chi connectivity index (χ0v) is 51.2. The maximum absolute atomic E-state index is 12.9. The number of esters is 3. The standard InChI is InChI=1S/C71H126O6/c1-4-7-10-13-16-19-22-25-28-30-31-32-33-34-35-36-37-38-39-41-43-46-49-52-55-58-61-64-70(73)76-67-68(66-75-69(72)63-60-57-54-51-48-45-42-27-24-21-18-15-12-9-6-3)77-71(74)65-62-59-56-53-50-47-44-40-29-26-23-20-17-14-11-8-5-2/h9,12,17-18,20-21,26-27,29,42,48,51,68H,4-8,10-11,13-16,19,22-25,28,30-41,43-47,49-50,52-67H2,1-3H3/b12-9-,20-17-,21-18-,29-26-,42-27-,51-48-. The van der Waals surface area contributed by atoms with Gasteiger partial charge in [0.15, 0.2) is 6.10 Å². The van der Waals surface area contributed by atoms with E-state index < -0.39 is 6.10 Å². The second kappa shape index (κ2) is 65.4. The van der Waals surface area contributed by atoms with Crippen molar-refractivity contribution in [3.8, 4) is 0 Å². The predicted molar refractivity (Wildman–Crippen MR) is 335 cm³/mol. The second-order valence-electron chi connectivity index (χ2n) is 22.4. The van der Waals surface area contributed by atoms with E-state index in [4.69, 9.17) is 14.2 Å². The summed E-state index contributed by atoms with van der Waals surface area (Å²) in [4.78, 5) is 38.3. The number of ether oxygens (including phenoxy) is 3. The zero-order chi connectivity index (χ0) is 55.7. The monoisotopic (exact) mass is 1070 g/mol. The molecule has 0 saturated heterocycles. The molecule has 0 spiro atoms. The number of hydrogen-bond donors (Lipinski definition) is 0. The van der Waals surface area contributed by atoms with E-state index in [1.54, 1.807) is 0 Å². The van der Waals surface area contributed by atoms with E-state index in [2.05, 4.69) is 93.7 Å². The molecular formula is C71H126O6. The number of hydrogen-bond acceptors (Lipinski definition) is 6. The van der Waals surface area contributed by atoms with Gasteiger partial charge >= 0.3 is 17.9 Å². The van der Waals surface area contributed by atoms with Crippen LogP contribution in [0.1, 0.15) is 342 Å². The molecule has 0 bridgehead atoms. The third-order valence-electron chi connectivity index (χ3n) is 14.7. The van der Waals surface area contributed by atoms with E-state index >= 15 is 0 Å². The summed E-state index contributed by atoms with van der Waals surface area (Å²) >= 11 is 0. The Kier molecular flexibility index (Phi) is 62.7. The van der Waals surface area contributed by atoms with Crippen LogP contribution in [0.15, 0.2) is 72.9 Å². The van der Waals surface area contributed by atoms with Crippen LogP contribution in [0, 0.1) is 0 Å². The van der Waals surface area contributed by atoms with Crippen molar-refractivity contribution in [3.63, 3.8) is 0 Å². The largest absolute Gasteiger partial charge is 0.462 e. The molecule has 0 heterocycles. The maximum Gasteiger partial charge on any atom is 0.306 e. The third kappa shape index (κ3) is 63.6. The lowest BCUT2D eigenvalue weighted by molar-refractivity contribution is -0.167. The minimum Gasteiger partial charge on any atom is -0.462 e. The van der Waals surface area contributed by atoms with Gasteiger partial charge < -0.3 is 14.2 Å². The van der Waals surface area contributed by atoms with Gasteiger partial charge in [0.25, 0.3) is 0 Å². The first-order valence-corrected chi connectivity index (χ1v) is 33.4. The minimum absolute atomic E-state index is 0.0892. The molecule has 0 aliphatic rings. The summed E-state index contributed by atoms with van der Waals surface area (Å²) in [6.45, 7) is 6.51. The lowest BCUT2D eigenvalue weighted by Gasteiger charge is -2.18. The number of unbranched alkanes of at least 4 members (excludes halogenated alkanes) is 38. The van der Waals surface area contributed by atoms with Gasteiger partial charge in [0.2, 0.25) is 0 Å². The van der Waals surface area contributed by atoms with Gasteiger partial charge in [0.05, 0.1) is 0 Å². The summed E-state index contributed by atoms with van der Waals surface area (Å²) < 4.78 is 16.9. The maximum atomic E-state index is 12.9. The normalized spacial score (nSPS) is 12.5. The van der Waals surface area contributed by atoms with E-state index in [0.717, 1.165) is 96.3 Å². The molecule has 446 valence electrons. The molecule has 0 aromatic carbocycles. The van der Waals surface area contributed by atoms with Crippen molar-refractivity contribution < 1.29 is 28.6 Å². The van der Waals surface area contributed by atoms with E-state index in [9.17, 15) is 14.4 Å². The molecule has 6 nitrogen and oxygen atoms in total. The molecule has 0 fully saturated rings. The van der Waals surface area contributed by atoms with Crippen molar-refractivity contribution in [1.29, 1.82) is 0 Å². The SMILES string of the molecule is CC/C=C\C/C=C\C/C=C\C/C=C\CCCCC(=O)OCC(COC(=O)CCCCCCCCCCCCCCCCCCCCCCCCCCCCC)OC(=O)CCCCCCCCC/C=C\C/C=C\CCCCC. The topological polar surface area (TPSA) is 78.9 Å². The fourth-order valence-electron chi connectivity index (χ4n) is 9.70. The Morgan fingerprint density at radius 1 is 0.273 bits per heavy atom. The molecule has 0 amide bonds. The first-order chi connectivity index (χ1) is 38.0. The number of allylic oxidation sites excluding steroid dienone is 12. The van der Waals surface area contributed by atoms with Crippen molar-refractivity contribution >= 4 is 17.9 Å². The highest BCUT2D eigenvalue weighted by molar-refractivity contribution is 5.71. The van der Waals surface area contributed by atoms with Gasteiger partial charge in [-0.3, -0.25) is 14.4 Å². The molecule has 0 rings (SSSR count). The first kappa shape index (κ1) is 73.8. The molecule has 0 aliphatic heterocycles. The van der Waals surface area contributed by atoms with Crippen molar-refractivity contribution in [3.05, 3.63) is 72.9 Å². The average molecular weight is 1080 g/mol. The lowest BCUT2D eigenvalue weighted by Crippen LogP contribution is -2.30. The van der Waals surface area contributed by atoms with Crippen LogP contribution in [0.25, 0.3) is 0 Å². The highest BCUT2D eigenvalue weighted by Crippen LogP contribution is 2.18. The molecule has 0 aromatic rings. The van der Waals surface area contributed by atoms with Gasteiger partial charge in [-0.25, -0.2) is 0 Å². The Bertz CT molecular complexity index is 1420. The van der Waals surface area contributed by atoms with Gasteiger partial charge in [-0.15, -0.1) is 0 Å². The number of carbonyl (C=O) groups is 3. The van der Waals surface area contributed by atoms with Crippen LogP contribution >= 0.6 is 0 Å². The Balaban J connectivity index is 4.28. The average Bonchev–Trinajstić information content (AvgIpc) is 3.43. The third-order valence-corrected chi connectivity index (χ3v) is 14.7. The summed E-state index contributed by atoms with van der Waals surface area (Å²) in [5, 5.41) is 0. The Morgan fingerprint density at radius 2 is 0.506 bits per heavy atom. The van der Waals surface area contributed by atoms with Gasteiger partial charge in [-0.05, 0) is 89.9 Å². The van der Waals surface area contributed by atoms with Crippen LogP contribution in [-0.2, 0) is 28.6 Å². The summed E-state index contributed by atoms with van der Waals surface area (Å²) in [6.07, 6.45) is 85.0. The Labute approximate surface area is 478 Å². The Morgan fingerprint density at radius 3 is 0.844 bits per heavy atom. The Hall–Kier alpha value is -3.15. The zero-order valence-electron chi connectivity index (χ0n) is 51.2. The smallest absolute Gasteiger partial charge is 0.306 e. The van der Waals surface area contributed by atoms with Crippen LogP contribution < -0.4 is 0 Å². The summed E-state index contributed by atoms with van der Waals surface area (Å²) in [6, 6.07) is 0. The molecule has 6 heteroatoms. The molecule has 0 N–H and O–H groups in total. The van der Waals surface area contributed by atoms with Crippen LogP contribution in [0.3, 0.4) is 0 Å². The van der Waals surface area contributed by atoms with E-state index in [-0.39, 0.29) is 31.1 Å². The molecule has 0 aromatic heterocycles. The van der Waals surface area contributed by atoms with E-state index in [0.29, 0.717) is 19.3 Å². The number of rotatable bonds is 61. The van der Waals surface area contributed by atoms with Gasteiger partial charge in [-0.2, -0.15) is 0 Å². The van der Waals surface area contributed by atoms with E-state index in [1.165, 1.54) is 205 Å². The molecule has 0 radical (unpaired) electrons. The van der Waals surface area contributed by atoms with Gasteiger partial charge in [0.1, 0.15) is 13.2 Å². The van der Waals surface area contributed by atoms with Crippen LogP contribution in [0.5, 0.6) is 0 Å². The van der Waals surface area contributed by atoms with Crippen LogP contribution in [-0.4, -0.2) is 37.2 Å². The van der Waals surface area contributed by atoms with E-state index in [1.807, 2.05) is 0 Å². The molecule has 0 saturated carbocycles. The predicted octanol–water partition coefficient (Wildman–Crippen LogP) is 22.9. The first-order valence-electron chi connectivity index (χ1n) is 33.4. The second-order valence-corrected chi connectivity index (χ2v) is 22.4.